The van der Waals surface area contributed by atoms with Crippen molar-refractivity contribution in [1.29, 1.82) is 0 Å². The molecule has 34 heavy (non-hydrogen) atoms. The van der Waals surface area contributed by atoms with E-state index in [1.54, 1.807) is 6.08 Å². The molecule has 1 spiro atoms. The van der Waals surface area contributed by atoms with E-state index >= 15 is 0 Å². The monoisotopic (exact) mass is 468 g/mol. The fourth-order valence-electron chi connectivity index (χ4n) is 10.4. The van der Waals surface area contributed by atoms with Crippen molar-refractivity contribution in [1.82, 2.24) is 0 Å². The number of carbonyl (C=O) groups is 1. The topological polar surface area (TPSA) is 91.8 Å². The molecule has 0 aromatic heterocycles. The van der Waals surface area contributed by atoms with E-state index in [9.17, 15) is 15.0 Å². The number of epoxide rings is 2. The average Bonchev–Trinajstić information content (AvgIpc) is 3.53. The van der Waals surface area contributed by atoms with Crippen molar-refractivity contribution < 1.29 is 29.2 Å². The van der Waals surface area contributed by atoms with Crippen molar-refractivity contribution in [2.45, 2.75) is 114 Å². The summed E-state index contributed by atoms with van der Waals surface area (Å²) < 4.78 is 18.4. The van der Waals surface area contributed by atoms with Crippen molar-refractivity contribution in [2.24, 2.45) is 28.6 Å². The van der Waals surface area contributed by atoms with Crippen LogP contribution in [-0.4, -0.2) is 56.9 Å². The Labute approximate surface area is 200 Å². The lowest BCUT2D eigenvalue weighted by atomic mass is 9.47. The largest absolute Gasteiger partial charge is 0.389 e. The number of allylic oxidation sites excluding steroid dienone is 1. The van der Waals surface area contributed by atoms with Gasteiger partial charge in [-0.05, 0) is 77.2 Å². The Hall–Kier alpha value is -1.05. The molecule has 0 radical (unpaired) electrons. The lowest BCUT2D eigenvalue weighted by Crippen LogP contribution is -2.60. The third-order valence-corrected chi connectivity index (χ3v) is 12.6. The van der Waals surface area contributed by atoms with Crippen LogP contribution in [0.2, 0.25) is 0 Å². The maximum atomic E-state index is 13.3. The fourth-order valence-corrected chi connectivity index (χ4v) is 10.4. The standard InChI is InChI=1S/C28H36O6/c1-23-9-7-16-15(11-20-28(33-20)8-5-6-19(29)25(16,28)3)21(23)14-10-17(27(23,31)12-14)18-13-24(2)26(4,34-24)22(30)32-18/h5-6,14,16-18,20,22,30-31H,7-13H2,1-4H3. The minimum atomic E-state index is -0.954. The minimum Gasteiger partial charge on any atom is -0.389 e. The number of ketones is 1. The number of ether oxygens (including phenoxy) is 3. The van der Waals surface area contributed by atoms with Gasteiger partial charge < -0.3 is 24.4 Å². The summed E-state index contributed by atoms with van der Waals surface area (Å²) in [7, 11) is 0. The molecule has 3 saturated heterocycles. The Morgan fingerprint density at radius 3 is 2.71 bits per heavy atom. The third kappa shape index (κ3) is 1.93. The van der Waals surface area contributed by atoms with Gasteiger partial charge >= 0.3 is 0 Å². The molecule has 184 valence electrons. The molecule has 6 heteroatoms. The van der Waals surface area contributed by atoms with Crippen LogP contribution >= 0.6 is 0 Å². The molecular formula is C28H36O6. The second kappa shape index (κ2) is 5.60. The molecule has 0 aromatic carbocycles. The quantitative estimate of drug-likeness (QED) is 0.454. The van der Waals surface area contributed by atoms with E-state index in [4.69, 9.17) is 14.2 Å². The summed E-state index contributed by atoms with van der Waals surface area (Å²) in [5.41, 5.74) is -0.122. The Balaban J connectivity index is 1.18. The Morgan fingerprint density at radius 2 is 1.94 bits per heavy atom. The maximum absolute atomic E-state index is 13.3. The van der Waals surface area contributed by atoms with Crippen LogP contribution in [0.4, 0.5) is 0 Å². The van der Waals surface area contributed by atoms with Crippen molar-refractivity contribution in [3.05, 3.63) is 23.3 Å². The zero-order valence-electron chi connectivity index (χ0n) is 20.6. The van der Waals surface area contributed by atoms with Gasteiger partial charge in [-0.15, -0.1) is 0 Å². The van der Waals surface area contributed by atoms with Crippen LogP contribution in [0.1, 0.15) is 72.6 Å². The number of rotatable bonds is 1. The molecule has 0 amide bonds. The second-order valence-corrected chi connectivity index (χ2v) is 13.6. The van der Waals surface area contributed by atoms with Crippen LogP contribution in [0.25, 0.3) is 0 Å². The first-order valence-corrected chi connectivity index (χ1v) is 13.3. The van der Waals surface area contributed by atoms with Gasteiger partial charge in [0, 0.05) is 17.8 Å². The van der Waals surface area contributed by atoms with Crippen LogP contribution in [0.15, 0.2) is 23.3 Å². The van der Waals surface area contributed by atoms with Crippen molar-refractivity contribution in [3.63, 3.8) is 0 Å². The molecule has 3 aliphatic heterocycles. The van der Waals surface area contributed by atoms with E-state index < -0.39 is 22.9 Å². The van der Waals surface area contributed by atoms with Crippen LogP contribution < -0.4 is 0 Å². The second-order valence-electron chi connectivity index (χ2n) is 13.6. The number of fused-ring (bicyclic) bond motifs is 8. The van der Waals surface area contributed by atoms with Crippen molar-refractivity contribution in [2.75, 3.05) is 0 Å². The van der Waals surface area contributed by atoms with Gasteiger partial charge in [0.1, 0.15) is 16.8 Å². The predicted molar refractivity (Wildman–Crippen MR) is 122 cm³/mol. The molecule has 6 nitrogen and oxygen atoms in total. The molecule has 2 bridgehead atoms. The smallest absolute Gasteiger partial charge is 0.186 e. The highest BCUT2D eigenvalue weighted by Gasteiger charge is 2.79. The molecule has 12 atom stereocenters. The summed E-state index contributed by atoms with van der Waals surface area (Å²) in [5.74, 6) is 0.723. The Kier molecular flexibility index (Phi) is 3.47. The summed E-state index contributed by atoms with van der Waals surface area (Å²) in [4.78, 5) is 13.3. The molecule has 6 fully saturated rings. The van der Waals surface area contributed by atoms with Gasteiger partial charge in [0.05, 0.1) is 23.2 Å². The van der Waals surface area contributed by atoms with E-state index in [0.717, 1.165) is 38.5 Å². The molecule has 12 unspecified atom stereocenters. The predicted octanol–water partition coefficient (Wildman–Crippen LogP) is 3.20. The normalized spacial score (nSPS) is 64.7. The summed E-state index contributed by atoms with van der Waals surface area (Å²) in [6.45, 7) is 8.39. The van der Waals surface area contributed by atoms with Gasteiger partial charge in [-0.2, -0.15) is 0 Å². The third-order valence-electron chi connectivity index (χ3n) is 12.6. The van der Waals surface area contributed by atoms with E-state index in [-0.39, 0.29) is 46.4 Å². The van der Waals surface area contributed by atoms with E-state index in [1.807, 2.05) is 13.0 Å². The highest BCUT2D eigenvalue weighted by molar-refractivity contribution is 5.98. The summed E-state index contributed by atoms with van der Waals surface area (Å²) in [5, 5.41) is 23.1. The lowest BCUT2D eigenvalue weighted by Gasteiger charge is -2.57. The van der Waals surface area contributed by atoms with Crippen LogP contribution in [0.3, 0.4) is 0 Å². The van der Waals surface area contributed by atoms with Gasteiger partial charge in [0.2, 0.25) is 0 Å². The first-order chi connectivity index (χ1) is 15.9. The molecule has 8 aliphatic rings. The molecule has 3 heterocycles. The number of aliphatic hydroxyl groups is 2. The molecule has 8 rings (SSSR count). The number of aliphatic hydroxyl groups excluding tert-OH is 1. The van der Waals surface area contributed by atoms with Crippen LogP contribution in [0.5, 0.6) is 0 Å². The Bertz CT molecular complexity index is 1110. The summed E-state index contributed by atoms with van der Waals surface area (Å²) in [6, 6.07) is 0. The van der Waals surface area contributed by atoms with Crippen LogP contribution in [0, 0.1) is 28.6 Å². The van der Waals surface area contributed by atoms with Crippen molar-refractivity contribution in [3.8, 4) is 0 Å². The number of hydrogen-bond donors (Lipinski definition) is 2. The molecule has 0 aromatic rings. The van der Waals surface area contributed by atoms with Gasteiger partial charge in [-0.1, -0.05) is 24.1 Å². The van der Waals surface area contributed by atoms with Gasteiger partial charge in [-0.25, -0.2) is 0 Å². The minimum absolute atomic E-state index is 0.0155. The Morgan fingerprint density at radius 1 is 1.15 bits per heavy atom. The first kappa shape index (κ1) is 21.1. The average molecular weight is 469 g/mol. The van der Waals surface area contributed by atoms with Crippen LogP contribution in [-0.2, 0) is 19.0 Å². The summed E-state index contributed by atoms with van der Waals surface area (Å²) in [6.07, 6.45) is 8.65. The van der Waals surface area contributed by atoms with E-state index in [2.05, 4.69) is 20.8 Å². The lowest BCUT2D eigenvalue weighted by molar-refractivity contribution is -0.223. The molecule has 5 aliphatic carbocycles. The molecular weight excluding hydrogens is 432 g/mol. The van der Waals surface area contributed by atoms with E-state index in [1.165, 1.54) is 11.1 Å². The fraction of sp³-hybridized carbons (Fsp3) is 0.821. The van der Waals surface area contributed by atoms with Gasteiger partial charge in [0.25, 0.3) is 0 Å². The van der Waals surface area contributed by atoms with Gasteiger partial charge in [-0.3, -0.25) is 4.79 Å². The first-order valence-electron chi connectivity index (χ1n) is 13.3. The number of carbonyl (C=O) groups excluding carboxylic acids is 1. The zero-order chi connectivity index (χ0) is 23.7. The molecule has 2 N–H and O–H groups in total. The maximum Gasteiger partial charge on any atom is 0.186 e. The summed E-state index contributed by atoms with van der Waals surface area (Å²) >= 11 is 0. The highest BCUT2D eigenvalue weighted by Crippen LogP contribution is 2.75. The molecule has 3 saturated carbocycles. The van der Waals surface area contributed by atoms with Crippen molar-refractivity contribution >= 4 is 5.78 Å². The van der Waals surface area contributed by atoms with Gasteiger partial charge in [0.15, 0.2) is 12.1 Å². The SMILES string of the molecule is CC12CC(C3CC4CC3(O)C3(C)CCC5C(=C43)CC3OC34CC=CC(=O)C54C)OC(O)C1(C)O2. The highest BCUT2D eigenvalue weighted by atomic mass is 16.7. The zero-order valence-corrected chi connectivity index (χ0v) is 20.6. The number of hydrogen-bond acceptors (Lipinski definition) is 6. The van der Waals surface area contributed by atoms with E-state index in [0.29, 0.717) is 12.3 Å².